The molecule has 7 nitrogen and oxygen atoms in total. The molecule has 0 bridgehead atoms. The van der Waals surface area contributed by atoms with Crippen LogP contribution in [0.3, 0.4) is 0 Å². The molecule has 192 valence electrons. The third-order valence-corrected chi connectivity index (χ3v) is 8.71. The zero-order valence-electron chi connectivity index (χ0n) is 21.3. The lowest BCUT2D eigenvalue weighted by Crippen LogP contribution is -2.37. The molecule has 5 aromatic rings. The molecular weight excluding hydrogens is 492 g/mol. The van der Waals surface area contributed by atoms with Crippen molar-refractivity contribution in [3.05, 3.63) is 82.9 Å². The lowest BCUT2D eigenvalue weighted by molar-refractivity contribution is 0.122. The average molecular weight is 523 g/mol. The van der Waals surface area contributed by atoms with Gasteiger partial charge in [-0.1, -0.05) is 60.7 Å². The predicted molar refractivity (Wildman–Crippen MR) is 153 cm³/mol. The van der Waals surface area contributed by atoms with E-state index in [0.717, 1.165) is 78.9 Å². The molecule has 4 heterocycles. The van der Waals surface area contributed by atoms with E-state index in [4.69, 9.17) is 9.72 Å². The number of hydrogen-bond acceptors (Lipinski definition) is 8. The second kappa shape index (κ2) is 10.3. The third kappa shape index (κ3) is 4.37. The van der Waals surface area contributed by atoms with Crippen LogP contribution in [0, 0.1) is 0 Å². The Kier molecular flexibility index (Phi) is 6.35. The summed E-state index contributed by atoms with van der Waals surface area (Å²) in [6.07, 6.45) is 4.54. The number of hydrogen-bond donors (Lipinski definition) is 0. The number of ether oxygens (including phenoxy) is 1. The summed E-state index contributed by atoms with van der Waals surface area (Å²) in [6.45, 7) is 4.78. The highest BCUT2D eigenvalue weighted by atomic mass is 32.1. The Morgan fingerprint density at radius 3 is 2.16 bits per heavy atom. The summed E-state index contributed by atoms with van der Waals surface area (Å²) in [5.74, 6) is 2.03. The Morgan fingerprint density at radius 2 is 1.47 bits per heavy atom. The molecule has 0 atom stereocenters. The summed E-state index contributed by atoms with van der Waals surface area (Å²) in [4.78, 5) is 11.1. The molecule has 0 amide bonds. The van der Waals surface area contributed by atoms with E-state index >= 15 is 0 Å². The first-order valence-corrected chi connectivity index (χ1v) is 14.3. The average Bonchev–Trinajstić information content (AvgIpc) is 3.37. The van der Waals surface area contributed by atoms with E-state index < -0.39 is 0 Å². The Hall–Kier alpha value is -3.62. The van der Waals surface area contributed by atoms with Gasteiger partial charge in [0.25, 0.3) is 0 Å². The third-order valence-electron chi connectivity index (χ3n) is 7.64. The highest BCUT2D eigenvalue weighted by molar-refractivity contribution is 7.26. The first-order chi connectivity index (χ1) is 18.8. The first-order valence-electron chi connectivity index (χ1n) is 13.5. The van der Waals surface area contributed by atoms with Crippen molar-refractivity contribution in [2.24, 2.45) is 0 Å². The van der Waals surface area contributed by atoms with Gasteiger partial charge in [-0.05, 0) is 53.2 Å². The molecule has 1 aliphatic heterocycles. The van der Waals surface area contributed by atoms with E-state index in [1.807, 2.05) is 0 Å². The molecule has 1 saturated heterocycles. The maximum Gasteiger partial charge on any atom is 0.173 e. The summed E-state index contributed by atoms with van der Waals surface area (Å²) < 4.78 is 6.71. The number of thiophene rings is 1. The number of pyridine rings is 1. The number of rotatable bonds is 6. The van der Waals surface area contributed by atoms with Crippen LogP contribution in [0.2, 0.25) is 0 Å². The fourth-order valence-corrected chi connectivity index (χ4v) is 6.96. The zero-order chi connectivity index (χ0) is 25.3. The van der Waals surface area contributed by atoms with Crippen LogP contribution in [-0.4, -0.2) is 46.7 Å². The first kappa shape index (κ1) is 23.5. The van der Waals surface area contributed by atoms with Gasteiger partial charge >= 0.3 is 0 Å². The topological polar surface area (TPSA) is 67.3 Å². The van der Waals surface area contributed by atoms with Crippen LogP contribution < -0.4 is 9.80 Å². The van der Waals surface area contributed by atoms with Crippen LogP contribution >= 0.6 is 11.3 Å². The Labute approximate surface area is 226 Å². The molecular formula is C30H30N6OS. The molecule has 3 aromatic heterocycles. The highest BCUT2D eigenvalue weighted by Gasteiger charge is 2.27. The fraction of sp³-hybridized carbons (Fsp3) is 0.333. The largest absolute Gasteiger partial charge is 0.378 e. The van der Waals surface area contributed by atoms with Crippen LogP contribution in [0.15, 0.2) is 60.7 Å². The van der Waals surface area contributed by atoms with E-state index in [-0.39, 0.29) is 0 Å². The van der Waals surface area contributed by atoms with Crippen LogP contribution in [-0.2, 0) is 30.7 Å². The van der Waals surface area contributed by atoms with E-state index in [9.17, 15) is 0 Å². The Bertz CT molecular complexity index is 1520. The highest BCUT2D eigenvalue weighted by Crippen LogP contribution is 2.43. The van der Waals surface area contributed by atoms with Crippen molar-refractivity contribution in [1.82, 2.24) is 20.4 Å². The summed E-state index contributed by atoms with van der Waals surface area (Å²) in [5, 5.41) is 14.8. The molecule has 0 saturated carbocycles. The quantitative estimate of drug-likeness (QED) is 0.289. The molecule has 7 rings (SSSR count). The normalized spacial score (nSPS) is 15.6. The molecule has 0 radical (unpaired) electrons. The van der Waals surface area contributed by atoms with E-state index in [0.29, 0.717) is 0 Å². The second-order valence-electron chi connectivity index (χ2n) is 10.1. The van der Waals surface area contributed by atoms with Gasteiger partial charge in [0.2, 0.25) is 0 Å². The van der Waals surface area contributed by atoms with Crippen molar-refractivity contribution in [1.29, 1.82) is 0 Å². The van der Waals surface area contributed by atoms with Gasteiger partial charge < -0.3 is 14.5 Å². The van der Waals surface area contributed by atoms with Crippen molar-refractivity contribution in [2.75, 3.05) is 36.1 Å². The summed E-state index contributed by atoms with van der Waals surface area (Å²) in [6, 6.07) is 21.1. The van der Waals surface area contributed by atoms with Crippen molar-refractivity contribution in [3.8, 4) is 0 Å². The van der Waals surface area contributed by atoms with Gasteiger partial charge in [-0.2, -0.15) is 0 Å². The van der Waals surface area contributed by atoms with Crippen molar-refractivity contribution in [3.63, 3.8) is 0 Å². The Balaban J connectivity index is 1.39. The molecule has 0 N–H and O–H groups in total. The summed E-state index contributed by atoms with van der Waals surface area (Å²) >= 11 is 1.71. The number of fused-ring (bicyclic) bond motifs is 5. The van der Waals surface area contributed by atoms with Gasteiger partial charge in [0.15, 0.2) is 5.82 Å². The second-order valence-corrected chi connectivity index (χ2v) is 11.1. The summed E-state index contributed by atoms with van der Waals surface area (Å²) in [5.41, 5.74) is 6.23. The minimum atomic E-state index is 0.738. The van der Waals surface area contributed by atoms with Crippen LogP contribution in [0.5, 0.6) is 0 Å². The standard InChI is InChI=1S/C30H30N6OS/c1-3-9-21(10-4-1)19-36(20-22-11-5-2-6-12-22)29-27-26(32-34-33-29)25-23-13-7-8-14-24(23)28(31-30(25)38-27)35-15-17-37-18-16-35/h1-6,9-12H,7-8,13-20H2. The molecule has 38 heavy (non-hydrogen) atoms. The van der Waals surface area contributed by atoms with Gasteiger partial charge in [-0.3, -0.25) is 0 Å². The van der Waals surface area contributed by atoms with Gasteiger partial charge in [0.1, 0.15) is 20.9 Å². The number of aromatic nitrogens is 4. The number of aryl methyl sites for hydroxylation is 1. The van der Waals surface area contributed by atoms with E-state index in [1.165, 1.54) is 40.5 Å². The van der Waals surface area contributed by atoms with Gasteiger partial charge in [0, 0.05) is 31.6 Å². The number of nitrogens with zero attached hydrogens (tertiary/aromatic N) is 6. The predicted octanol–water partition coefficient (Wildman–Crippen LogP) is 5.56. The lowest BCUT2D eigenvalue weighted by Gasteiger charge is -2.31. The van der Waals surface area contributed by atoms with Crippen LogP contribution in [0.25, 0.3) is 20.4 Å². The van der Waals surface area contributed by atoms with Gasteiger partial charge in [-0.25, -0.2) is 4.98 Å². The molecule has 0 spiro atoms. The minimum absolute atomic E-state index is 0.738. The maximum atomic E-state index is 5.64. The fourth-order valence-electron chi connectivity index (χ4n) is 5.81. The van der Waals surface area contributed by atoms with Gasteiger partial charge in [-0.15, -0.1) is 21.5 Å². The van der Waals surface area contributed by atoms with Crippen LogP contribution in [0.4, 0.5) is 11.6 Å². The smallest absolute Gasteiger partial charge is 0.173 e. The number of anilines is 2. The lowest BCUT2D eigenvalue weighted by atomic mass is 9.90. The van der Waals surface area contributed by atoms with Crippen molar-refractivity contribution >= 4 is 43.4 Å². The molecule has 2 aliphatic rings. The molecule has 8 heteroatoms. The Morgan fingerprint density at radius 1 is 0.816 bits per heavy atom. The minimum Gasteiger partial charge on any atom is -0.378 e. The van der Waals surface area contributed by atoms with E-state index in [1.54, 1.807) is 11.3 Å². The van der Waals surface area contributed by atoms with Crippen molar-refractivity contribution in [2.45, 2.75) is 38.8 Å². The number of benzene rings is 2. The van der Waals surface area contributed by atoms with Crippen molar-refractivity contribution < 1.29 is 4.74 Å². The van der Waals surface area contributed by atoms with Gasteiger partial charge in [0.05, 0.1) is 13.2 Å². The SMILES string of the molecule is c1ccc(CN(Cc2ccccc2)c2nnnc3c2sc2nc(N4CCOCC4)c4c(c23)CCCC4)cc1. The monoisotopic (exact) mass is 522 g/mol. The zero-order valence-corrected chi connectivity index (χ0v) is 22.2. The number of morpholine rings is 1. The van der Waals surface area contributed by atoms with Crippen LogP contribution in [0.1, 0.15) is 35.1 Å². The maximum absolute atomic E-state index is 5.64. The van der Waals surface area contributed by atoms with E-state index in [2.05, 4.69) is 85.9 Å². The molecule has 1 aliphatic carbocycles. The summed E-state index contributed by atoms with van der Waals surface area (Å²) in [7, 11) is 0. The molecule has 0 unspecified atom stereocenters. The molecule has 2 aromatic carbocycles. The molecule has 1 fully saturated rings.